The topological polar surface area (TPSA) is 52.6 Å². The summed E-state index contributed by atoms with van der Waals surface area (Å²) in [5.41, 5.74) is 2.04. The summed E-state index contributed by atoms with van der Waals surface area (Å²) >= 11 is 0. The van der Waals surface area contributed by atoms with Gasteiger partial charge in [0.05, 0.1) is 33.1 Å². The van der Waals surface area contributed by atoms with Crippen molar-refractivity contribution in [1.29, 1.82) is 0 Å². The van der Waals surface area contributed by atoms with Crippen molar-refractivity contribution in [3.8, 4) is 17.4 Å². The molecular formula is C24H32N2O3. The van der Waals surface area contributed by atoms with Gasteiger partial charge in [-0.3, -0.25) is 0 Å². The van der Waals surface area contributed by atoms with Gasteiger partial charge in [-0.05, 0) is 36.5 Å². The van der Waals surface area contributed by atoms with Crippen LogP contribution in [-0.4, -0.2) is 26.3 Å². The molecule has 0 spiro atoms. The van der Waals surface area contributed by atoms with E-state index >= 15 is 0 Å². The molecular weight excluding hydrogens is 364 g/mol. The first-order valence-corrected chi connectivity index (χ1v) is 10.3. The number of methoxy groups -OCH3 is 3. The lowest BCUT2D eigenvalue weighted by atomic mass is 9.75. The molecule has 0 unspecified atom stereocenters. The summed E-state index contributed by atoms with van der Waals surface area (Å²) in [5, 5.41) is 3.72. The number of nitrogens with one attached hydrogen (secondary N) is 1. The van der Waals surface area contributed by atoms with E-state index in [-0.39, 0.29) is 12.0 Å². The molecule has 0 aliphatic heterocycles. The third kappa shape index (κ3) is 5.03. The number of ether oxygens (including phenoxy) is 3. The van der Waals surface area contributed by atoms with Gasteiger partial charge in [-0.1, -0.05) is 31.4 Å². The number of aromatic nitrogens is 1. The van der Waals surface area contributed by atoms with Crippen molar-refractivity contribution in [3.05, 3.63) is 54.7 Å². The normalized spacial score (nSPS) is 16.5. The fourth-order valence-corrected chi connectivity index (χ4v) is 4.30. The summed E-state index contributed by atoms with van der Waals surface area (Å²) in [6, 6.07) is 9.88. The zero-order chi connectivity index (χ0) is 20.6. The van der Waals surface area contributed by atoms with Gasteiger partial charge in [0.25, 0.3) is 0 Å². The molecule has 5 nitrogen and oxygen atoms in total. The standard InChI is InChI=1S/C24H32N2O3/c1-5-20(17-9-7-6-8-10-17)24(18-11-14-23(29-4)25-16-18)26-21-13-12-19(27-2)15-22(21)28-3/h5,11-17,20,24,26H,1,6-10H2,2-4H3/t20-,24+/m1/s1. The summed E-state index contributed by atoms with van der Waals surface area (Å²) in [6.45, 7) is 4.19. The highest BCUT2D eigenvalue weighted by atomic mass is 16.5. The van der Waals surface area contributed by atoms with Gasteiger partial charge in [0, 0.05) is 24.2 Å². The minimum absolute atomic E-state index is 0.0382. The Labute approximate surface area is 174 Å². The molecule has 5 heteroatoms. The summed E-state index contributed by atoms with van der Waals surface area (Å²) in [5.74, 6) is 3.02. The highest BCUT2D eigenvalue weighted by molar-refractivity contribution is 5.60. The van der Waals surface area contributed by atoms with Crippen molar-refractivity contribution in [3.63, 3.8) is 0 Å². The third-order valence-electron chi connectivity index (χ3n) is 5.90. The van der Waals surface area contributed by atoms with Crippen LogP contribution in [0.5, 0.6) is 17.4 Å². The maximum atomic E-state index is 5.62. The average Bonchev–Trinajstić information content (AvgIpc) is 2.79. The van der Waals surface area contributed by atoms with Crippen molar-refractivity contribution in [1.82, 2.24) is 4.98 Å². The van der Waals surface area contributed by atoms with Gasteiger partial charge < -0.3 is 19.5 Å². The number of anilines is 1. The van der Waals surface area contributed by atoms with Crippen molar-refractivity contribution in [2.24, 2.45) is 11.8 Å². The number of hydrogen-bond acceptors (Lipinski definition) is 5. The SMILES string of the molecule is C=C[C@H](C1CCCCC1)[C@@H](Nc1ccc(OC)cc1OC)c1ccc(OC)nc1. The molecule has 1 aromatic heterocycles. The van der Waals surface area contributed by atoms with E-state index in [1.807, 2.05) is 30.5 Å². The van der Waals surface area contributed by atoms with Crippen LogP contribution in [0.1, 0.15) is 43.7 Å². The Balaban J connectivity index is 1.96. The predicted octanol–water partition coefficient (Wildman–Crippen LogP) is 5.64. The van der Waals surface area contributed by atoms with Crippen LogP contribution in [0.25, 0.3) is 0 Å². The van der Waals surface area contributed by atoms with Crippen LogP contribution in [0.15, 0.2) is 49.2 Å². The third-order valence-corrected chi connectivity index (χ3v) is 5.90. The molecule has 1 N–H and O–H groups in total. The van der Waals surface area contributed by atoms with Crippen molar-refractivity contribution in [2.75, 3.05) is 26.6 Å². The summed E-state index contributed by atoms with van der Waals surface area (Å²) in [7, 11) is 4.97. The van der Waals surface area contributed by atoms with Gasteiger partial charge in [0.1, 0.15) is 11.5 Å². The van der Waals surface area contributed by atoms with Gasteiger partial charge >= 0.3 is 0 Å². The molecule has 1 aliphatic rings. The monoisotopic (exact) mass is 396 g/mol. The zero-order valence-electron chi connectivity index (χ0n) is 17.7. The molecule has 1 aromatic carbocycles. The van der Waals surface area contributed by atoms with Gasteiger partial charge in [-0.2, -0.15) is 0 Å². The zero-order valence-corrected chi connectivity index (χ0v) is 17.7. The maximum absolute atomic E-state index is 5.62. The second-order valence-corrected chi connectivity index (χ2v) is 7.53. The number of hydrogen-bond donors (Lipinski definition) is 1. The van der Waals surface area contributed by atoms with E-state index in [0.717, 1.165) is 22.7 Å². The number of rotatable bonds is 9. The van der Waals surface area contributed by atoms with Crippen LogP contribution in [0.4, 0.5) is 5.69 Å². The lowest BCUT2D eigenvalue weighted by molar-refractivity contribution is 0.264. The van der Waals surface area contributed by atoms with Crippen molar-refractivity contribution >= 4 is 5.69 Å². The lowest BCUT2D eigenvalue weighted by Crippen LogP contribution is -2.28. The van der Waals surface area contributed by atoms with Gasteiger partial charge in [-0.25, -0.2) is 4.98 Å². The van der Waals surface area contributed by atoms with E-state index in [1.165, 1.54) is 32.1 Å². The molecule has 0 amide bonds. The second-order valence-electron chi connectivity index (χ2n) is 7.53. The van der Waals surface area contributed by atoms with E-state index in [1.54, 1.807) is 21.3 Å². The van der Waals surface area contributed by atoms with E-state index in [9.17, 15) is 0 Å². The van der Waals surface area contributed by atoms with E-state index in [2.05, 4.69) is 29.0 Å². The molecule has 29 heavy (non-hydrogen) atoms. The Morgan fingerprint density at radius 3 is 2.41 bits per heavy atom. The quantitative estimate of drug-likeness (QED) is 0.556. The molecule has 0 saturated heterocycles. The first-order chi connectivity index (χ1) is 14.2. The first kappa shape index (κ1) is 21.0. The fraction of sp³-hybridized carbons (Fsp3) is 0.458. The van der Waals surface area contributed by atoms with E-state index in [0.29, 0.717) is 11.8 Å². The molecule has 2 aromatic rings. The van der Waals surface area contributed by atoms with Crippen LogP contribution in [-0.2, 0) is 0 Å². The molecule has 2 atom stereocenters. The van der Waals surface area contributed by atoms with Gasteiger partial charge in [0.2, 0.25) is 5.88 Å². The molecule has 1 fully saturated rings. The number of pyridine rings is 1. The minimum atomic E-state index is 0.0382. The van der Waals surface area contributed by atoms with E-state index in [4.69, 9.17) is 14.2 Å². The van der Waals surface area contributed by atoms with Gasteiger partial charge in [-0.15, -0.1) is 6.58 Å². The molecule has 156 valence electrons. The molecule has 3 rings (SSSR count). The van der Waals surface area contributed by atoms with Crippen LogP contribution in [0, 0.1) is 11.8 Å². The second kappa shape index (κ2) is 10.2. The van der Waals surface area contributed by atoms with Crippen LogP contribution in [0.2, 0.25) is 0 Å². The fourth-order valence-electron chi connectivity index (χ4n) is 4.30. The largest absolute Gasteiger partial charge is 0.497 e. The highest BCUT2D eigenvalue weighted by Crippen LogP contribution is 2.41. The first-order valence-electron chi connectivity index (χ1n) is 10.3. The lowest BCUT2D eigenvalue weighted by Gasteiger charge is -2.35. The smallest absolute Gasteiger partial charge is 0.212 e. The molecule has 1 aliphatic carbocycles. The minimum Gasteiger partial charge on any atom is -0.497 e. The van der Waals surface area contributed by atoms with Crippen LogP contribution in [0.3, 0.4) is 0 Å². The Morgan fingerprint density at radius 1 is 1.03 bits per heavy atom. The van der Waals surface area contributed by atoms with Crippen molar-refractivity contribution in [2.45, 2.75) is 38.1 Å². The summed E-state index contributed by atoms with van der Waals surface area (Å²) < 4.78 is 16.2. The van der Waals surface area contributed by atoms with Crippen LogP contribution >= 0.6 is 0 Å². The molecule has 0 bridgehead atoms. The highest BCUT2D eigenvalue weighted by Gasteiger charge is 2.30. The Bertz CT molecular complexity index is 785. The number of nitrogens with zero attached hydrogens (tertiary/aromatic N) is 1. The summed E-state index contributed by atoms with van der Waals surface area (Å²) in [6.07, 6.45) is 10.4. The predicted molar refractivity (Wildman–Crippen MR) is 117 cm³/mol. The Kier molecular flexibility index (Phi) is 7.39. The van der Waals surface area contributed by atoms with E-state index < -0.39 is 0 Å². The van der Waals surface area contributed by atoms with Crippen molar-refractivity contribution < 1.29 is 14.2 Å². The molecule has 0 radical (unpaired) electrons. The summed E-state index contributed by atoms with van der Waals surface area (Å²) in [4.78, 5) is 4.44. The van der Waals surface area contributed by atoms with Crippen LogP contribution < -0.4 is 19.5 Å². The Hall–Kier alpha value is -2.69. The molecule has 1 saturated carbocycles. The number of benzene rings is 1. The molecule has 1 heterocycles. The Morgan fingerprint density at radius 2 is 1.83 bits per heavy atom. The maximum Gasteiger partial charge on any atom is 0.212 e. The van der Waals surface area contributed by atoms with Gasteiger partial charge in [0.15, 0.2) is 0 Å². The average molecular weight is 397 g/mol.